The molecule has 2 rings (SSSR count). The molecule has 0 saturated carbocycles. The van der Waals surface area contributed by atoms with Gasteiger partial charge >= 0.3 is 5.69 Å². The Labute approximate surface area is 115 Å². The molecule has 0 aromatic carbocycles. The van der Waals surface area contributed by atoms with Crippen LogP contribution in [0.15, 0.2) is 27.2 Å². The average Bonchev–Trinajstić information content (AvgIpc) is 2.73. The predicted octanol–water partition coefficient (Wildman–Crippen LogP) is 0.947. The Morgan fingerprint density at radius 2 is 2.32 bits per heavy atom. The number of rotatable bonds is 5. The van der Waals surface area contributed by atoms with Crippen molar-refractivity contribution in [1.29, 1.82) is 0 Å². The molecule has 2 heterocycles. The van der Waals surface area contributed by atoms with E-state index in [9.17, 15) is 4.79 Å². The largest absolute Gasteiger partial charge is 0.343 e. The van der Waals surface area contributed by atoms with E-state index in [1.807, 2.05) is 20.0 Å². The first kappa shape index (κ1) is 13.8. The maximum atomic E-state index is 11.5. The smallest absolute Gasteiger partial charge is 0.330 e. The molecule has 6 nitrogen and oxygen atoms in total. The quantitative estimate of drug-likeness (QED) is 0.850. The minimum absolute atomic E-state index is 0.192. The van der Waals surface area contributed by atoms with Crippen LogP contribution in [0.3, 0.4) is 0 Å². The predicted molar refractivity (Wildman–Crippen MR) is 74.4 cm³/mol. The summed E-state index contributed by atoms with van der Waals surface area (Å²) in [4.78, 5) is 15.9. The van der Waals surface area contributed by atoms with Crippen molar-refractivity contribution < 1.29 is 0 Å². The van der Waals surface area contributed by atoms with E-state index < -0.39 is 0 Å². The number of aryl methyl sites for hydroxylation is 1. The fourth-order valence-electron chi connectivity index (χ4n) is 1.78. The Bertz CT molecular complexity index is 619. The number of H-pyrrole nitrogens is 1. The van der Waals surface area contributed by atoms with Crippen LogP contribution in [0.1, 0.15) is 18.1 Å². The number of hydrogen-bond acceptors (Lipinski definition) is 5. The Morgan fingerprint density at radius 1 is 1.53 bits per heavy atom. The summed E-state index contributed by atoms with van der Waals surface area (Å²) in [6.45, 7) is 5.10. The molecule has 0 atom stereocenters. The van der Waals surface area contributed by atoms with E-state index in [0.29, 0.717) is 18.2 Å². The maximum absolute atomic E-state index is 11.5. The summed E-state index contributed by atoms with van der Waals surface area (Å²) >= 11 is 1.39. The van der Waals surface area contributed by atoms with Gasteiger partial charge in [-0.05, 0) is 49.7 Å². The second-order valence-electron chi connectivity index (χ2n) is 4.16. The van der Waals surface area contributed by atoms with E-state index >= 15 is 0 Å². The van der Waals surface area contributed by atoms with Crippen LogP contribution in [0, 0.1) is 6.92 Å². The summed E-state index contributed by atoms with van der Waals surface area (Å²) in [6.07, 6.45) is 2.64. The van der Waals surface area contributed by atoms with Gasteiger partial charge in [-0.25, -0.2) is 14.9 Å². The molecular weight excluding hydrogens is 262 g/mol. The molecule has 0 fully saturated rings. The number of nitrogens with two attached hydrogens (primary N) is 1. The van der Waals surface area contributed by atoms with Crippen molar-refractivity contribution in [3.05, 3.63) is 33.9 Å². The zero-order chi connectivity index (χ0) is 13.8. The Kier molecular flexibility index (Phi) is 4.39. The normalized spacial score (nSPS) is 10.9. The summed E-state index contributed by atoms with van der Waals surface area (Å²) in [5.41, 5.74) is 7.52. The van der Waals surface area contributed by atoms with E-state index in [4.69, 9.17) is 5.73 Å². The highest BCUT2D eigenvalue weighted by Gasteiger charge is 2.11. The van der Waals surface area contributed by atoms with Crippen molar-refractivity contribution in [2.24, 2.45) is 5.73 Å². The first-order valence-electron chi connectivity index (χ1n) is 6.14. The summed E-state index contributed by atoms with van der Waals surface area (Å²) in [5, 5.41) is 7.95. The highest BCUT2D eigenvalue weighted by atomic mass is 32.2. The van der Waals surface area contributed by atoms with E-state index in [2.05, 4.69) is 21.2 Å². The van der Waals surface area contributed by atoms with Gasteiger partial charge in [-0.2, -0.15) is 0 Å². The third-order valence-corrected chi connectivity index (χ3v) is 3.86. The van der Waals surface area contributed by atoms with Crippen LogP contribution in [-0.2, 0) is 13.0 Å². The minimum atomic E-state index is -0.192. The summed E-state index contributed by atoms with van der Waals surface area (Å²) in [7, 11) is 0. The fraction of sp³-hybridized carbons (Fsp3) is 0.417. The minimum Gasteiger partial charge on any atom is -0.330 e. The molecule has 102 valence electrons. The summed E-state index contributed by atoms with van der Waals surface area (Å²) < 4.78 is 1.58. The molecule has 19 heavy (non-hydrogen) atoms. The van der Waals surface area contributed by atoms with Gasteiger partial charge < -0.3 is 5.73 Å². The van der Waals surface area contributed by atoms with E-state index in [0.717, 1.165) is 22.6 Å². The monoisotopic (exact) mass is 279 g/mol. The van der Waals surface area contributed by atoms with Gasteiger partial charge in [0.25, 0.3) is 0 Å². The van der Waals surface area contributed by atoms with Crippen LogP contribution in [0.4, 0.5) is 0 Å². The summed E-state index contributed by atoms with van der Waals surface area (Å²) in [6, 6.07) is 2.07. The van der Waals surface area contributed by atoms with E-state index in [-0.39, 0.29) is 5.69 Å². The van der Waals surface area contributed by atoms with E-state index in [1.54, 1.807) is 4.57 Å². The lowest BCUT2D eigenvalue weighted by atomic mass is 10.2. The Balaban J connectivity index is 2.26. The molecule has 7 heteroatoms. The molecule has 0 spiro atoms. The maximum Gasteiger partial charge on any atom is 0.343 e. The number of nitrogens with zero attached hydrogens (tertiary/aromatic N) is 3. The standard InChI is InChI=1S/C12H17N5OS/c1-3-17-11(18)15-16-12(17)19-10-8(2)6-9(4-5-13)7-14-10/h6-7H,3-5,13H2,1-2H3,(H,15,18). The molecule has 0 aliphatic heterocycles. The molecule has 3 N–H and O–H groups in total. The molecule has 0 aliphatic carbocycles. The van der Waals surface area contributed by atoms with Crippen LogP contribution >= 0.6 is 11.8 Å². The zero-order valence-electron chi connectivity index (χ0n) is 11.0. The molecule has 0 unspecified atom stereocenters. The lowest BCUT2D eigenvalue weighted by molar-refractivity contribution is 0.660. The number of aromatic amines is 1. The van der Waals surface area contributed by atoms with Gasteiger partial charge in [-0.15, -0.1) is 5.10 Å². The number of aromatic nitrogens is 4. The van der Waals surface area contributed by atoms with Gasteiger partial charge in [-0.1, -0.05) is 6.07 Å². The van der Waals surface area contributed by atoms with Crippen molar-refractivity contribution >= 4 is 11.8 Å². The number of pyridine rings is 1. The van der Waals surface area contributed by atoms with Crippen LogP contribution in [-0.4, -0.2) is 26.3 Å². The molecule has 0 aliphatic rings. The van der Waals surface area contributed by atoms with Crippen molar-refractivity contribution in [1.82, 2.24) is 19.7 Å². The molecule has 2 aromatic rings. The molecule has 0 saturated heterocycles. The third-order valence-electron chi connectivity index (χ3n) is 2.75. The van der Waals surface area contributed by atoms with Crippen LogP contribution in [0.25, 0.3) is 0 Å². The van der Waals surface area contributed by atoms with Crippen LogP contribution in [0.2, 0.25) is 0 Å². The highest BCUT2D eigenvalue weighted by molar-refractivity contribution is 7.99. The Hall–Kier alpha value is -1.60. The zero-order valence-corrected chi connectivity index (χ0v) is 11.8. The van der Waals surface area contributed by atoms with Gasteiger partial charge in [0, 0.05) is 12.7 Å². The number of hydrogen-bond donors (Lipinski definition) is 2. The van der Waals surface area contributed by atoms with Crippen LogP contribution in [0.5, 0.6) is 0 Å². The molecule has 0 amide bonds. The molecular formula is C12H17N5OS. The second-order valence-corrected chi connectivity index (χ2v) is 5.12. The summed E-state index contributed by atoms with van der Waals surface area (Å²) in [5.74, 6) is 0. The van der Waals surface area contributed by atoms with Gasteiger partial charge in [0.1, 0.15) is 5.03 Å². The van der Waals surface area contributed by atoms with Gasteiger partial charge in [0.2, 0.25) is 0 Å². The van der Waals surface area contributed by atoms with Crippen molar-refractivity contribution in [3.63, 3.8) is 0 Å². The lowest BCUT2D eigenvalue weighted by Gasteiger charge is -2.06. The molecule has 0 bridgehead atoms. The van der Waals surface area contributed by atoms with Crippen molar-refractivity contribution in [2.75, 3.05) is 6.54 Å². The molecule has 0 radical (unpaired) electrons. The lowest BCUT2D eigenvalue weighted by Crippen LogP contribution is -2.16. The first-order valence-corrected chi connectivity index (χ1v) is 6.96. The van der Waals surface area contributed by atoms with Crippen molar-refractivity contribution in [2.45, 2.75) is 37.0 Å². The van der Waals surface area contributed by atoms with E-state index in [1.165, 1.54) is 11.8 Å². The average molecular weight is 279 g/mol. The SMILES string of the molecule is CCn1c(Sc2ncc(CCN)cc2C)n[nH]c1=O. The van der Waals surface area contributed by atoms with Gasteiger partial charge in [0.15, 0.2) is 5.16 Å². The van der Waals surface area contributed by atoms with Crippen LogP contribution < -0.4 is 11.4 Å². The molecule has 2 aromatic heterocycles. The topological polar surface area (TPSA) is 89.6 Å². The first-order chi connectivity index (χ1) is 9.15. The Morgan fingerprint density at radius 3 is 2.95 bits per heavy atom. The fourth-order valence-corrected chi connectivity index (χ4v) is 2.69. The van der Waals surface area contributed by atoms with Gasteiger partial charge in [-0.3, -0.25) is 4.57 Å². The third kappa shape index (κ3) is 3.05. The highest BCUT2D eigenvalue weighted by Crippen LogP contribution is 2.26. The number of nitrogens with one attached hydrogen (secondary N) is 1. The van der Waals surface area contributed by atoms with Gasteiger partial charge in [0.05, 0.1) is 0 Å². The second kappa shape index (κ2) is 6.03. The van der Waals surface area contributed by atoms with Crippen molar-refractivity contribution in [3.8, 4) is 0 Å².